The summed E-state index contributed by atoms with van der Waals surface area (Å²) in [6.45, 7) is 7.41. The molecule has 3 aromatic carbocycles. The highest BCUT2D eigenvalue weighted by Crippen LogP contribution is 2.34. The van der Waals surface area contributed by atoms with Crippen molar-refractivity contribution in [2.24, 2.45) is 0 Å². The minimum atomic E-state index is -0.115. The number of nitrogens with zero attached hydrogens (tertiary/aromatic N) is 3. The number of benzene rings is 3. The van der Waals surface area contributed by atoms with Crippen LogP contribution in [0.1, 0.15) is 24.2 Å². The van der Waals surface area contributed by atoms with E-state index >= 15 is 0 Å². The summed E-state index contributed by atoms with van der Waals surface area (Å²) < 4.78 is 12.0. The summed E-state index contributed by atoms with van der Waals surface area (Å²) in [4.78, 5) is 22.8. The van der Waals surface area contributed by atoms with Crippen molar-refractivity contribution in [2.75, 3.05) is 45.3 Å². The zero-order valence-corrected chi connectivity index (χ0v) is 21.4. The molecule has 0 saturated heterocycles. The number of hydrogen-bond donors (Lipinski definition) is 0. The number of likely N-dealkylation sites (N-methyl/N-ethyl adjacent to an activating group) is 1. The molecule has 0 unspecified atom stereocenters. The number of hydrogen-bond acceptors (Lipinski definition) is 6. The van der Waals surface area contributed by atoms with Gasteiger partial charge in [-0.15, -0.1) is 0 Å². The Morgan fingerprint density at radius 3 is 2.29 bits per heavy atom. The number of anilines is 1. The van der Waals surface area contributed by atoms with Gasteiger partial charge in [-0.05, 0) is 54.2 Å². The van der Waals surface area contributed by atoms with E-state index in [1.54, 1.807) is 19.1 Å². The van der Waals surface area contributed by atoms with E-state index in [0.717, 1.165) is 46.4 Å². The third-order valence-corrected chi connectivity index (χ3v) is 6.93. The van der Waals surface area contributed by atoms with Crippen molar-refractivity contribution in [1.29, 1.82) is 0 Å². The van der Waals surface area contributed by atoms with E-state index in [9.17, 15) is 4.79 Å². The van der Waals surface area contributed by atoms with Gasteiger partial charge in [0.1, 0.15) is 11.5 Å². The zero-order valence-electron chi connectivity index (χ0n) is 19.9. The molecule has 0 aliphatic rings. The second-order valence-electron chi connectivity index (χ2n) is 7.71. The van der Waals surface area contributed by atoms with Crippen molar-refractivity contribution in [3.63, 3.8) is 0 Å². The van der Waals surface area contributed by atoms with E-state index in [4.69, 9.17) is 14.5 Å². The summed E-state index contributed by atoms with van der Waals surface area (Å²) in [6, 6.07) is 17.6. The number of carbonyl (C=O) groups excluding carboxylic acids is 1. The van der Waals surface area contributed by atoms with Gasteiger partial charge in [-0.3, -0.25) is 9.69 Å². The van der Waals surface area contributed by atoms with Gasteiger partial charge in [0.05, 0.1) is 30.0 Å². The lowest BCUT2D eigenvalue weighted by Gasteiger charge is -2.25. The third-order valence-electron chi connectivity index (χ3n) is 5.89. The Hall–Kier alpha value is -2.87. The molecule has 0 atom stereocenters. The fourth-order valence-corrected chi connectivity index (χ4v) is 4.92. The highest BCUT2D eigenvalue weighted by Gasteiger charge is 2.25. The summed E-state index contributed by atoms with van der Waals surface area (Å²) in [6.07, 6.45) is 0. The van der Waals surface area contributed by atoms with E-state index in [-0.39, 0.29) is 18.3 Å². The van der Waals surface area contributed by atoms with Crippen LogP contribution in [0.3, 0.4) is 0 Å². The highest BCUT2D eigenvalue weighted by molar-refractivity contribution is 7.22. The lowest BCUT2D eigenvalue weighted by atomic mass is 10.0. The second kappa shape index (κ2) is 11.5. The third kappa shape index (κ3) is 5.27. The minimum Gasteiger partial charge on any atom is -1.00 e. The van der Waals surface area contributed by atoms with E-state index in [1.165, 1.54) is 11.3 Å². The van der Waals surface area contributed by atoms with Crippen LogP contribution in [0, 0.1) is 0 Å². The summed E-state index contributed by atoms with van der Waals surface area (Å²) >= 11 is 1.50. The highest BCUT2D eigenvalue weighted by atomic mass is 35.5. The molecule has 1 heterocycles. The molecule has 0 fully saturated rings. The van der Waals surface area contributed by atoms with Crippen LogP contribution in [-0.2, 0) is 0 Å². The second-order valence-corrected chi connectivity index (χ2v) is 8.72. The number of carbonyl (C=O) groups is 1. The topological polar surface area (TPSA) is 54.9 Å². The molecule has 0 radical (unpaired) electrons. The molecule has 1 aromatic heterocycles. The van der Waals surface area contributed by atoms with E-state index in [0.29, 0.717) is 23.0 Å². The molecule has 0 aliphatic carbocycles. The molecule has 34 heavy (non-hydrogen) atoms. The van der Waals surface area contributed by atoms with Gasteiger partial charge in [0.15, 0.2) is 5.13 Å². The van der Waals surface area contributed by atoms with Crippen LogP contribution >= 0.6 is 11.3 Å². The number of amides is 1. The normalized spacial score (nSPS) is 11.0. The molecule has 180 valence electrons. The molecule has 4 rings (SSSR count). The Bertz CT molecular complexity index is 1270. The van der Waals surface area contributed by atoms with Gasteiger partial charge in [-0.25, -0.2) is 4.98 Å². The van der Waals surface area contributed by atoms with Crippen molar-refractivity contribution in [3.8, 4) is 11.5 Å². The van der Waals surface area contributed by atoms with Gasteiger partial charge in [0.25, 0.3) is 5.91 Å². The van der Waals surface area contributed by atoms with Crippen molar-refractivity contribution in [3.05, 3.63) is 60.2 Å². The fraction of sp³-hybridized carbons (Fsp3) is 0.308. The van der Waals surface area contributed by atoms with Gasteiger partial charge in [-0.2, -0.15) is 0 Å². The van der Waals surface area contributed by atoms with E-state index < -0.39 is 0 Å². The van der Waals surface area contributed by atoms with Gasteiger partial charge in [0, 0.05) is 13.1 Å². The Kier molecular flexibility index (Phi) is 8.72. The first-order chi connectivity index (χ1) is 16.1. The van der Waals surface area contributed by atoms with Crippen molar-refractivity contribution < 1.29 is 26.7 Å². The molecule has 0 bridgehead atoms. The van der Waals surface area contributed by atoms with Gasteiger partial charge >= 0.3 is 0 Å². The van der Waals surface area contributed by atoms with Gasteiger partial charge < -0.3 is 26.8 Å². The molecule has 8 heteroatoms. The molecule has 6 nitrogen and oxygen atoms in total. The van der Waals surface area contributed by atoms with Crippen LogP contribution in [0.15, 0.2) is 54.6 Å². The molecule has 1 amide bonds. The standard InChI is InChI=1S/C26H29N3O3S.ClH/c1-5-28(6-2)13-14-29(26-27-22-12-11-20(31-3)17-24(22)33-26)25(30)21-15-18-9-7-8-10-19(18)16-23(21)32-4;/h7-12,15-17H,5-6,13-14H2,1-4H3;1H/p-1. The first-order valence-corrected chi connectivity index (χ1v) is 11.9. The fourth-order valence-electron chi connectivity index (χ4n) is 3.90. The van der Waals surface area contributed by atoms with Crippen LogP contribution in [0.5, 0.6) is 11.5 Å². The van der Waals surface area contributed by atoms with Crippen LogP contribution < -0.4 is 26.8 Å². The summed E-state index contributed by atoms with van der Waals surface area (Å²) in [5.41, 5.74) is 1.38. The molecule has 0 saturated carbocycles. The average Bonchev–Trinajstić information content (AvgIpc) is 3.28. The van der Waals surface area contributed by atoms with Gasteiger partial charge in [-0.1, -0.05) is 49.4 Å². The number of methoxy groups -OCH3 is 2. The predicted octanol–water partition coefficient (Wildman–Crippen LogP) is 2.46. The molecular formula is C26H29ClN3O3S-. The molecule has 0 aliphatic heterocycles. The molecular weight excluding hydrogens is 470 g/mol. The molecule has 0 N–H and O–H groups in total. The number of ether oxygens (including phenoxy) is 2. The number of thiazole rings is 1. The first kappa shape index (κ1) is 25.7. The summed E-state index contributed by atoms with van der Waals surface area (Å²) in [5, 5.41) is 2.71. The Morgan fingerprint density at radius 1 is 0.941 bits per heavy atom. The Morgan fingerprint density at radius 2 is 1.65 bits per heavy atom. The molecule has 4 aromatic rings. The monoisotopic (exact) mass is 498 g/mol. The number of aromatic nitrogens is 1. The SMILES string of the molecule is CCN(CC)CCN(C(=O)c1cc2ccccc2cc1OC)c1nc2ccc(OC)cc2s1.[Cl-]. The predicted molar refractivity (Wildman–Crippen MR) is 136 cm³/mol. The van der Waals surface area contributed by atoms with Crippen LogP contribution in [0.25, 0.3) is 21.0 Å². The lowest BCUT2D eigenvalue weighted by molar-refractivity contribution is -0.0000151. The van der Waals surface area contributed by atoms with Crippen LogP contribution in [0.4, 0.5) is 5.13 Å². The summed E-state index contributed by atoms with van der Waals surface area (Å²) in [7, 11) is 3.25. The number of rotatable bonds is 9. The van der Waals surface area contributed by atoms with Gasteiger partial charge in [0.2, 0.25) is 0 Å². The quantitative estimate of drug-likeness (QED) is 0.355. The lowest BCUT2D eigenvalue weighted by Crippen LogP contribution is -3.00. The smallest absolute Gasteiger partial charge is 0.263 e. The van der Waals surface area contributed by atoms with E-state index in [1.807, 2.05) is 54.6 Å². The maximum absolute atomic E-state index is 13.9. The van der Waals surface area contributed by atoms with Crippen LogP contribution in [0.2, 0.25) is 0 Å². The van der Waals surface area contributed by atoms with Crippen molar-refractivity contribution in [2.45, 2.75) is 13.8 Å². The number of fused-ring (bicyclic) bond motifs is 2. The van der Waals surface area contributed by atoms with Crippen LogP contribution in [-0.4, -0.2) is 56.2 Å². The largest absolute Gasteiger partial charge is 1.00 e. The average molecular weight is 499 g/mol. The minimum absolute atomic E-state index is 0. The van der Waals surface area contributed by atoms with Crippen molar-refractivity contribution >= 4 is 43.4 Å². The Balaban J connectivity index is 0.00000324. The van der Waals surface area contributed by atoms with E-state index in [2.05, 4.69) is 18.7 Å². The number of halogens is 1. The maximum atomic E-state index is 13.9. The first-order valence-electron chi connectivity index (χ1n) is 11.1. The van der Waals surface area contributed by atoms with Crippen molar-refractivity contribution in [1.82, 2.24) is 9.88 Å². The summed E-state index contributed by atoms with van der Waals surface area (Å²) in [5.74, 6) is 1.22. The Labute approximate surface area is 210 Å². The zero-order chi connectivity index (χ0) is 23.4. The molecule has 0 spiro atoms. The maximum Gasteiger partial charge on any atom is 0.263 e.